The molecule has 1 aromatic carbocycles. The van der Waals surface area contributed by atoms with E-state index in [9.17, 15) is 0 Å². The predicted molar refractivity (Wildman–Crippen MR) is 65.1 cm³/mol. The molecule has 82 valence electrons. The van der Waals surface area contributed by atoms with E-state index < -0.39 is 0 Å². The van der Waals surface area contributed by atoms with Gasteiger partial charge in [0.05, 0.1) is 0 Å². The Morgan fingerprint density at radius 1 is 1.40 bits per heavy atom. The molecule has 15 heavy (non-hydrogen) atoms. The number of hydrogen-bond donors (Lipinski definition) is 1. The molecule has 1 N–H and O–H groups in total. The fourth-order valence-corrected chi connectivity index (χ4v) is 2.38. The first-order valence-electron chi connectivity index (χ1n) is 6.12. The second-order valence-corrected chi connectivity index (χ2v) is 4.55. The quantitative estimate of drug-likeness (QED) is 0.788. The molecule has 0 heterocycles. The third-order valence-electron chi connectivity index (χ3n) is 3.65. The van der Waals surface area contributed by atoms with Gasteiger partial charge >= 0.3 is 0 Å². The van der Waals surface area contributed by atoms with Crippen molar-refractivity contribution >= 4 is 0 Å². The summed E-state index contributed by atoms with van der Waals surface area (Å²) in [5.74, 6) is 0.847. The van der Waals surface area contributed by atoms with E-state index in [1.54, 1.807) is 5.56 Å². The van der Waals surface area contributed by atoms with Crippen LogP contribution in [0, 0.1) is 0 Å². The van der Waals surface area contributed by atoms with E-state index in [0.717, 1.165) is 12.3 Å². The van der Waals surface area contributed by atoms with Crippen LogP contribution in [0.1, 0.15) is 55.7 Å². The molecule has 1 aliphatic carbocycles. The van der Waals surface area contributed by atoms with E-state index in [0.29, 0.717) is 6.04 Å². The molecular weight excluding hydrogens is 182 g/mol. The largest absolute Gasteiger partial charge is 0.313 e. The maximum atomic E-state index is 3.37. The Labute approximate surface area is 92.9 Å². The van der Waals surface area contributed by atoms with Gasteiger partial charge in [0, 0.05) is 6.04 Å². The van der Waals surface area contributed by atoms with Crippen molar-refractivity contribution in [1.29, 1.82) is 0 Å². The molecule has 0 amide bonds. The molecule has 1 atom stereocenters. The summed E-state index contributed by atoms with van der Waals surface area (Å²) in [5, 5.41) is 3.37. The molecule has 0 radical (unpaired) electrons. The van der Waals surface area contributed by atoms with E-state index in [2.05, 4.69) is 36.5 Å². The fraction of sp³-hybridized carbons (Fsp3) is 0.571. The topological polar surface area (TPSA) is 12.0 Å². The van der Waals surface area contributed by atoms with Crippen molar-refractivity contribution < 1.29 is 0 Å². The standard InChI is InChI=1S/C14H21N/c1-3-14(15-2)13-9-5-8-12(10-13)11-6-4-7-11/h5,8-11,14-15H,3-4,6-7H2,1-2H3. The maximum absolute atomic E-state index is 3.37. The maximum Gasteiger partial charge on any atom is 0.0314 e. The molecule has 1 unspecified atom stereocenters. The van der Waals surface area contributed by atoms with E-state index in [1.165, 1.54) is 24.8 Å². The first kappa shape index (κ1) is 10.7. The van der Waals surface area contributed by atoms with Gasteiger partial charge in [-0.25, -0.2) is 0 Å². The second-order valence-electron chi connectivity index (χ2n) is 4.55. The van der Waals surface area contributed by atoms with Gasteiger partial charge in [-0.2, -0.15) is 0 Å². The number of hydrogen-bond acceptors (Lipinski definition) is 1. The number of benzene rings is 1. The van der Waals surface area contributed by atoms with Crippen molar-refractivity contribution in [2.45, 2.75) is 44.6 Å². The van der Waals surface area contributed by atoms with E-state index in [-0.39, 0.29) is 0 Å². The summed E-state index contributed by atoms with van der Waals surface area (Å²) in [5.41, 5.74) is 3.00. The average Bonchev–Trinajstić information content (AvgIpc) is 2.18. The van der Waals surface area contributed by atoms with Gasteiger partial charge in [-0.3, -0.25) is 0 Å². The SMILES string of the molecule is CCC(NC)c1cccc(C2CCC2)c1. The monoisotopic (exact) mass is 203 g/mol. The molecule has 0 saturated heterocycles. The summed E-state index contributed by atoms with van der Waals surface area (Å²) < 4.78 is 0. The van der Waals surface area contributed by atoms with Crippen molar-refractivity contribution in [3.63, 3.8) is 0 Å². The Morgan fingerprint density at radius 2 is 2.20 bits per heavy atom. The molecule has 1 saturated carbocycles. The highest BCUT2D eigenvalue weighted by atomic mass is 14.9. The van der Waals surface area contributed by atoms with Gasteiger partial charge in [0.15, 0.2) is 0 Å². The lowest BCUT2D eigenvalue weighted by atomic mass is 9.79. The van der Waals surface area contributed by atoms with Gasteiger partial charge in [-0.05, 0) is 43.4 Å². The van der Waals surface area contributed by atoms with Crippen LogP contribution < -0.4 is 5.32 Å². The van der Waals surface area contributed by atoms with Crippen molar-refractivity contribution in [2.75, 3.05) is 7.05 Å². The van der Waals surface area contributed by atoms with Crippen LogP contribution in [0.25, 0.3) is 0 Å². The van der Waals surface area contributed by atoms with Crippen LogP contribution in [0.3, 0.4) is 0 Å². The summed E-state index contributed by atoms with van der Waals surface area (Å²) in [6.45, 7) is 2.23. The van der Waals surface area contributed by atoms with Gasteiger partial charge < -0.3 is 5.32 Å². The zero-order chi connectivity index (χ0) is 10.7. The number of rotatable bonds is 4. The molecule has 1 aliphatic rings. The Balaban J connectivity index is 2.17. The van der Waals surface area contributed by atoms with Crippen LogP contribution in [0.2, 0.25) is 0 Å². The van der Waals surface area contributed by atoms with Crippen molar-refractivity contribution in [2.24, 2.45) is 0 Å². The van der Waals surface area contributed by atoms with Gasteiger partial charge in [-0.15, -0.1) is 0 Å². The van der Waals surface area contributed by atoms with Gasteiger partial charge in [0.2, 0.25) is 0 Å². The lowest BCUT2D eigenvalue weighted by Crippen LogP contribution is -2.16. The second kappa shape index (κ2) is 4.80. The third-order valence-corrected chi connectivity index (χ3v) is 3.65. The van der Waals surface area contributed by atoms with Crippen LogP contribution in [0.4, 0.5) is 0 Å². The van der Waals surface area contributed by atoms with Gasteiger partial charge in [0.25, 0.3) is 0 Å². The first-order chi connectivity index (χ1) is 7.35. The zero-order valence-corrected chi connectivity index (χ0v) is 9.79. The van der Waals surface area contributed by atoms with Gasteiger partial charge in [0.1, 0.15) is 0 Å². The normalized spacial score (nSPS) is 18.5. The molecule has 0 spiro atoms. The highest BCUT2D eigenvalue weighted by Gasteiger charge is 2.20. The third kappa shape index (κ3) is 2.23. The molecular formula is C14H21N. The minimum Gasteiger partial charge on any atom is -0.313 e. The highest BCUT2D eigenvalue weighted by molar-refractivity contribution is 5.29. The van der Waals surface area contributed by atoms with Crippen LogP contribution in [0.5, 0.6) is 0 Å². The summed E-state index contributed by atoms with van der Waals surface area (Å²) in [7, 11) is 2.05. The lowest BCUT2D eigenvalue weighted by Gasteiger charge is -2.27. The summed E-state index contributed by atoms with van der Waals surface area (Å²) in [6.07, 6.45) is 5.35. The molecule has 1 fully saturated rings. The van der Waals surface area contributed by atoms with Crippen LogP contribution in [0.15, 0.2) is 24.3 Å². The molecule has 1 aromatic rings. The van der Waals surface area contributed by atoms with Crippen molar-refractivity contribution in [1.82, 2.24) is 5.32 Å². The minimum atomic E-state index is 0.519. The molecule has 0 aliphatic heterocycles. The van der Waals surface area contributed by atoms with Crippen LogP contribution in [-0.2, 0) is 0 Å². The molecule has 1 heteroatoms. The lowest BCUT2D eigenvalue weighted by molar-refractivity contribution is 0.419. The first-order valence-corrected chi connectivity index (χ1v) is 6.12. The van der Waals surface area contributed by atoms with Crippen molar-refractivity contribution in [3.8, 4) is 0 Å². The van der Waals surface area contributed by atoms with E-state index in [4.69, 9.17) is 0 Å². The average molecular weight is 203 g/mol. The Morgan fingerprint density at radius 3 is 2.73 bits per heavy atom. The summed E-state index contributed by atoms with van der Waals surface area (Å²) in [6, 6.07) is 9.66. The molecule has 1 nitrogen and oxygen atoms in total. The van der Waals surface area contributed by atoms with Gasteiger partial charge in [-0.1, -0.05) is 37.6 Å². The van der Waals surface area contributed by atoms with Crippen molar-refractivity contribution in [3.05, 3.63) is 35.4 Å². The highest BCUT2D eigenvalue weighted by Crippen LogP contribution is 2.37. The van der Waals surface area contributed by atoms with Crippen LogP contribution in [-0.4, -0.2) is 7.05 Å². The zero-order valence-electron chi connectivity index (χ0n) is 9.79. The molecule has 0 aromatic heterocycles. The Bertz CT molecular complexity index is 311. The molecule has 0 bridgehead atoms. The smallest absolute Gasteiger partial charge is 0.0314 e. The predicted octanol–water partition coefficient (Wildman–Crippen LogP) is 3.62. The Kier molecular flexibility index (Phi) is 3.42. The summed E-state index contributed by atoms with van der Waals surface area (Å²) >= 11 is 0. The van der Waals surface area contributed by atoms with E-state index >= 15 is 0 Å². The van der Waals surface area contributed by atoms with Crippen LogP contribution >= 0.6 is 0 Å². The Hall–Kier alpha value is -0.820. The number of nitrogens with one attached hydrogen (secondary N) is 1. The molecule has 2 rings (SSSR count). The summed E-state index contributed by atoms with van der Waals surface area (Å²) in [4.78, 5) is 0. The fourth-order valence-electron chi connectivity index (χ4n) is 2.38. The minimum absolute atomic E-state index is 0.519. The van der Waals surface area contributed by atoms with E-state index in [1.807, 2.05) is 7.05 Å².